The minimum absolute atomic E-state index is 0.0324. The average Bonchev–Trinajstić information content (AvgIpc) is 3.91. The van der Waals surface area contributed by atoms with Crippen LogP contribution in [0.2, 0.25) is 0 Å². The minimum atomic E-state index is -5.14. The molecule has 288 valence electrons. The van der Waals surface area contributed by atoms with Gasteiger partial charge in [-0.1, -0.05) is 6.07 Å². The second-order valence-electron chi connectivity index (χ2n) is 14.1. The van der Waals surface area contributed by atoms with E-state index >= 15 is 22.0 Å². The van der Waals surface area contributed by atoms with Gasteiger partial charge in [-0.05, 0) is 57.0 Å². The van der Waals surface area contributed by atoms with E-state index in [-0.39, 0.29) is 94.2 Å². The number of fused-ring (bicyclic) bond motifs is 4. The Hall–Kier alpha value is -5.15. The number of alkyl halides is 4. The number of anilines is 2. The van der Waals surface area contributed by atoms with Gasteiger partial charge in [0.1, 0.15) is 41.0 Å². The first kappa shape index (κ1) is 36.8. The first-order valence-corrected chi connectivity index (χ1v) is 18.7. The molecule has 0 bridgehead atoms. The van der Waals surface area contributed by atoms with E-state index < -0.39 is 46.2 Å². The van der Waals surface area contributed by atoms with Crippen molar-refractivity contribution in [2.45, 2.75) is 64.1 Å². The van der Waals surface area contributed by atoms with Crippen LogP contribution in [0.3, 0.4) is 0 Å². The molecule has 0 saturated carbocycles. The van der Waals surface area contributed by atoms with Crippen LogP contribution in [-0.2, 0) is 19.3 Å². The Morgan fingerprint density at radius 2 is 1.95 bits per heavy atom. The Balaban J connectivity index is 1.30. The number of hydrogen-bond acceptors (Lipinski definition) is 10. The predicted octanol–water partition coefficient (Wildman–Crippen LogP) is 6.92. The average molecular weight is 784 g/mol. The lowest BCUT2D eigenvalue weighted by molar-refractivity contribution is -0.137. The quantitative estimate of drug-likeness (QED) is 0.167. The highest BCUT2D eigenvalue weighted by Gasteiger charge is 2.49. The van der Waals surface area contributed by atoms with E-state index in [1.807, 2.05) is 24.8 Å². The number of nitriles is 1. The molecular formula is C37H35F6N9O2S. The largest absolute Gasteiger partial charge is 0.461 e. The zero-order valence-electron chi connectivity index (χ0n) is 29.8. The summed E-state index contributed by atoms with van der Waals surface area (Å²) >= 11 is 0.676. The number of carbonyl (C=O) groups is 1. The lowest BCUT2D eigenvalue weighted by atomic mass is 9.92. The fourth-order valence-electron chi connectivity index (χ4n) is 8.36. The van der Waals surface area contributed by atoms with Crippen molar-refractivity contribution in [1.29, 1.82) is 5.26 Å². The predicted molar refractivity (Wildman–Crippen MR) is 193 cm³/mol. The van der Waals surface area contributed by atoms with Gasteiger partial charge in [0, 0.05) is 48.9 Å². The Bertz CT molecular complexity index is 2400. The number of thiophene rings is 1. The van der Waals surface area contributed by atoms with Crippen molar-refractivity contribution in [1.82, 2.24) is 29.5 Å². The fraction of sp³-hybridized carbons (Fsp3) is 0.432. The zero-order chi connectivity index (χ0) is 39.0. The van der Waals surface area contributed by atoms with Gasteiger partial charge in [0.25, 0.3) is 5.91 Å². The molecule has 1 amide bonds. The number of aromatic nitrogens is 4. The maximum atomic E-state index is 17.2. The fourth-order valence-corrected chi connectivity index (χ4v) is 9.31. The van der Waals surface area contributed by atoms with E-state index in [2.05, 4.69) is 15.1 Å². The molecule has 2 unspecified atom stereocenters. The number of amides is 1. The van der Waals surface area contributed by atoms with Gasteiger partial charge in [-0.15, -0.1) is 11.3 Å². The van der Waals surface area contributed by atoms with Crippen molar-refractivity contribution in [2.75, 3.05) is 50.0 Å². The zero-order valence-corrected chi connectivity index (χ0v) is 30.6. The highest BCUT2D eigenvalue weighted by Crippen LogP contribution is 2.48. The lowest BCUT2D eigenvalue weighted by Crippen LogP contribution is -2.43. The van der Waals surface area contributed by atoms with E-state index in [0.29, 0.717) is 43.1 Å². The van der Waals surface area contributed by atoms with Crippen LogP contribution in [0.5, 0.6) is 6.01 Å². The standard InChI is InChI=1S/C37H35F6N9O2S/c1-3-49(4-2)34(53)26-12-20-17-50(10-11-52(20)48-26)33-22-13-24(37(41,42)43)28(21-6-7-25(39)31-27(21)23(15-44)32(45)55-31)29(40)30(22)46-35(47-33)54-18-36-8-5-9-51(36)16-19(38)14-36/h6-7,12-13,19H,3-5,8-11,14,16-18,45H2,1-2H3. The van der Waals surface area contributed by atoms with Crippen LogP contribution in [0.25, 0.3) is 32.1 Å². The Labute approximate surface area is 314 Å². The maximum Gasteiger partial charge on any atom is 0.417 e. The third-order valence-corrected chi connectivity index (χ3v) is 12.0. The number of carbonyl (C=O) groups excluding carboxylic acids is 1. The molecular weight excluding hydrogens is 749 g/mol. The van der Waals surface area contributed by atoms with Gasteiger partial charge in [0.2, 0.25) is 0 Å². The Morgan fingerprint density at radius 3 is 2.67 bits per heavy atom. The normalized spacial score (nSPS) is 19.9. The van der Waals surface area contributed by atoms with Gasteiger partial charge in [-0.2, -0.15) is 33.5 Å². The van der Waals surface area contributed by atoms with Gasteiger partial charge < -0.3 is 20.3 Å². The van der Waals surface area contributed by atoms with E-state index in [4.69, 9.17) is 10.5 Å². The van der Waals surface area contributed by atoms with Crippen LogP contribution >= 0.6 is 11.3 Å². The van der Waals surface area contributed by atoms with E-state index in [1.54, 1.807) is 20.5 Å². The van der Waals surface area contributed by atoms with Crippen LogP contribution in [-0.4, -0.2) is 86.5 Å². The van der Waals surface area contributed by atoms with Crippen LogP contribution < -0.4 is 15.4 Å². The number of ether oxygens (including phenoxy) is 1. The molecule has 2 N–H and O–H groups in total. The highest BCUT2D eigenvalue weighted by atomic mass is 32.1. The summed E-state index contributed by atoms with van der Waals surface area (Å²) in [6.07, 6.45) is -4.51. The molecule has 11 nitrogen and oxygen atoms in total. The first-order chi connectivity index (χ1) is 26.3. The van der Waals surface area contributed by atoms with Crippen molar-refractivity contribution in [3.05, 3.63) is 58.4 Å². The van der Waals surface area contributed by atoms with Crippen molar-refractivity contribution < 1.29 is 35.9 Å². The summed E-state index contributed by atoms with van der Waals surface area (Å²) in [5.74, 6) is -2.55. The van der Waals surface area contributed by atoms with Crippen molar-refractivity contribution in [3.63, 3.8) is 0 Å². The highest BCUT2D eigenvalue weighted by molar-refractivity contribution is 7.23. The van der Waals surface area contributed by atoms with Crippen molar-refractivity contribution in [2.24, 2.45) is 0 Å². The maximum absolute atomic E-state index is 17.2. The minimum Gasteiger partial charge on any atom is -0.461 e. The van der Waals surface area contributed by atoms with Gasteiger partial charge >= 0.3 is 12.2 Å². The molecule has 0 radical (unpaired) electrons. The molecule has 55 heavy (non-hydrogen) atoms. The second kappa shape index (κ2) is 13.6. The first-order valence-electron chi connectivity index (χ1n) is 17.9. The SMILES string of the molecule is CCN(CC)C(=O)c1cc2n(n1)CCN(c1nc(OCC34CCCN3CC(F)C4)nc3c(F)c(-c4ccc(F)c5sc(N)c(C#N)c45)c(C(F)(F)F)cc13)C2. The summed E-state index contributed by atoms with van der Waals surface area (Å²) in [4.78, 5) is 27.3. The van der Waals surface area contributed by atoms with Gasteiger partial charge in [0.05, 0.1) is 40.1 Å². The number of benzene rings is 2. The van der Waals surface area contributed by atoms with E-state index in [9.17, 15) is 14.4 Å². The molecule has 2 atom stereocenters. The topological polar surface area (TPSA) is 129 Å². The van der Waals surface area contributed by atoms with Gasteiger partial charge in [-0.25, -0.2) is 13.2 Å². The summed E-state index contributed by atoms with van der Waals surface area (Å²) in [5.41, 5.74) is 2.63. The summed E-state index contributed by atoms with van der Waals surface area (Å²) in [6.45, 7) is 5.99. The summed E-state index contributed by atoms with van der Waals surface area (Å²) in [7, 11) is 0. The van der Waals surface area contributed by atoms with Crippen LogP contribution in [0.1, 0.15) is 60.4 Å². The molecule has 8 rings (SSSR count). The van der Waals surface area contributed by atoms with Crippen molar-refractivity contribution >= 4 is 49.1 Å². The summed E-state index contributed by atoms with van der Waals surface area (Å²) in [6, 6.07) is 5.78. The molecule has 2 fully saturated rings. The third kappa shape index (κ3) is 6.08. The number of rotatable bonds is 8. The number of nitrogen functional groups attached to an aromatic ring is 1. The molecule has 5 aromatic rings. The molecule has 2 aromatic carbocycles. The van der Waals surface area contributed by atoms with Gasteiger partial charge in [-0.3, -0.25) is 14.4 Å². The van der Waals surface area contributed by atoms with Crippen LogP contribution in [0.4, 0.5) is 37.2 Å². The van der Waals surface area contributed by atoms with Crippen LogP contribution in [0, 0.1) is 23.0 Å². The number of hydrogen-bond donors (Lipinski definition) is 1. The number of nitrogens with two attached hydrogens (primary N) is 1. The molecule has 3 aromatic heterocycles. The summed E-state index contributed by atoms with van der Waals surface area (Å²) in [5, 5.41) is 13.7. The number of halogens is 6. The van der Waals surface area contributed by atoms with E-state index in [1.165, 1.54) is 0 Å². The van der Waals surface area contributed by atoms with Gasteiger partial charge in [0.15, 0.2) is 11.5 Å². The Morgan fingerprint density at radius 1 is 1.16 bits per heavy atom. The van der Waals surface area contributed by atoms with Crippen LogP contribution in [0.15, 0.2) is 24.3 Å². The lowest BCUT2D eigenvalue weighted by Gasteiger charge is -2.32. The summed E-state index contributed by atoms with van der Waals surface area (Å²) < 4.78 is 99.8. The molecule has 3 aliphatic heterocycles. The molecule has 0 spiro atoms. The third-order valence-electron chi connectivity index (χ3n) is 11.0. The van der Waals surface area contributed by atoms with E-state index in [0.717, 1.165) is 24.6 Å². The molecule has 3 aliphatic rings. The molecule has 0 aliphatic carbocycles. The Kier molecular flexibility index (Phi) is 9.07. The monoisotopic (exact) mass is 783 g/mol. The number of nitrogens with zero attached hydrogens (tertiary/aromatic N) is 8. The molecule has 2 saturated heterocycles. The molecule has 6 heterocycles. The smallest absolute Gasteiger partial charge is 0.417 e. The second-order valence-corrected chi connectivity index (χ2v) is 15.1. The van der Waals surface area contributed by atoms with Crippen molar-refractivity contribution in [3.8, 4) is 23.2 Å². The molecule has 18 heteroatoms.